The van der Waals surface area contributed by atoms with Gasteiger partial charge in [0.1, 0.15) is 17.1 Å². The smallest absolute Gasteiger partial charge is 0.415 e. The van der Waals surface area contributed by atoms with Gasteiger partial charge in [-0.25, -0.2) is 9.78 Å². The lowest BCUT2D eigenvalue weighted by atomic mass is 9.87. The van der Waals surface area contributed by atoms with Crippen LogP contribution in [0.5, 0.6) is 0 Å². The summed E-state index contributed by atoms with van der Waals surface area (Å²) in [5, 5.41) is 0.0760. The van der Waals surface area contributed by atoms with E-state index in [1.165, 1.54) is 19.3 Å². The Bertz CT molecular complexity index is 1010. The standard InChI is InChI=1S/C31H54N4O3Si/c1-22(2)18-23-14-12-17-26(25-19-32-20-28(33-25)34(9)24-15-13-16-24)35(29(36)38-30(3,4)5)27(23)21-37-39(10,11)31(6,7)8/h17,19-20,22-24,27H,12-16,18,21H2,1-11H3. The molecule has 1 amide bonds. The normalized spacial score (nSPS) is 21.3. The van der Waals surface area contributed by atoms with Crippen molar-refractivity contribution in [2.75, 3.05) is 18.6 Å². The van der Waals surface area contributed by atoms with E-state index >= 15 is 0 Å². The fourth-order valence-corrected chi connectivity index (χ4v) is 6.12. The highest BCUT2D eigenvalue weighted by atomic mass is 28.4. The zero-order valence-electron chi connectivity index (χ0n) is 26.5. The summed E-state index contributed by atoms with van der Waals surface area (Å²) >= 11 is 0. The molecule has 1 saturated carbocycles. The molecule has 1 aliphatic heterocycles. The van der Waals surface area contributed by atoms with Crippen molar-refractivity contribution in [2.45, 2.75) is 130 Å². The predicted octanol–water partition coefficient (Wildman–Crippen LogP) is 7.89. The quantitative estimate of drug-likeness (QED) is 0.302. The second-order valence-corrected chi connectivity index (χ2v) is 19.3. The summed E-state index contributed by atoms with van der Waals surface area (Å²) < 4.78 is 12.9. The molecule has 1 aromatic heterocycles. The molecule has 0 spiro atoms. The van der Waals surface area contributed by atoms with Gasteiger partial charge in [0.2, 0.25) is 0 Å². The fraction of sp³-hybridized carbons (Fsp3) is 0.774. The van der Waals surface area contributed by atoms with E-state index in [2.05, 4.69) is 70.7 Å². The average Bonchev–Trinajstić information content (AvgIpc) is 2.93. The molecule has 2 aliphatic rings. The molecule has 2 unspecified atom stereocenters. The summed E-state index contributed by atoms with van der Waals surface area (Å²) in [5.74, 6) is 1.63. The van der Waals surface area contributed by atoms with E-state index in [1.807, 2.05) is 31.9 Å². The zero-order valence-corrected chi connectivity index (χ0v) is 27.5. The van der Waals surface area contributed by atoms with E-state index in [-0.39, 0.29) is 23.1 Å². The first-order chi connectivity index (χ1) is 18.0. The number of rotatable bonds is 8. The molecule has 1 aromatic rings. The van der Waals surface area contributed by atoms with Crippen molar-refractivity contribution in [3.8, 4) is 0 Å². The lowest BCUT2D eigenvalue weighted by Gasteiger charge is -2.42. The second kappa shape index (κ2) is 12.3. The van der Waals surface area contributed by atoms with Gasteiger partial charge in [0.15, 0.2) is 8.32 Å². The maximum atomic E-state index is 14.1. The number of ether oxygens (including phenoxy) is 1. The van der Waals surface area contributed by atoms with Gasteiger partial charge >= 0.3 is 6.09 Å². The summed E-state index contributed by atoms with van der Waals surface area (Å²) in [6.45, 7) is 22.1. The molecule has 3 rings (SSSR count). The summed E-state index contributed by atoms with van der Waals surface area (Å²) in [7, 11) is 0.0419. The van der Waals surface area contributed by atoms with Gasteiger partial charge in [0.25, 0.3) is 0 Å². The van der Waals surface area contributed by atoms with Crippen molar-refractivity contribution in [2.24, 2.45) is 11.8 Å². The lowest BCUT2D eigenvalue weighted by molar-refractivity contribution is 0.0166. The maximum Gasteiger partial charge on any atom is 0.415 e. The van der Waals surface area contributed by atoms with E-state index in [0.29, 0.717) is 24.3 Å². The number of nitrogens with zero attached hydrogens (tertiary/aromatic N) is 4. The van der Waals surface area contributed by atoms with Crippen molar-refractivity contribution in [1.82, 2.24) is 14.9 Å². The van der Waals surface area contributed by atoms with Crippen LogP contribution in [0.4, 0.5) is 10.6 Å². The molecular formula is C31H54N4O3Si. The van der Waals surface area contributed by atoms with Gasteiger partial charge in [-0.2, -0.15) is 0 Å². The van der Waals surface area contributed by atoms with Gasteiger partial charge in [0.05, 0.1) is 30.7 Å². The van der Waals surface area contributed by atoms with Crippen LogP contribution in [0.3, 0.4) is 0 Å². The van der Waals surface area contributed by atoms with Crippen LogP contribution >= 0.6 is 0 Å². The van der Waals surface area contributed by atoms with Crippen molar-refractivity contribution in [1.29, 1.82) is 0 Å². The van der Waals surface area contributed by atoms with Gasteiger partial charge in [-0.05, 0) is 89.3 Å². The van der Waals surface area contributed by atoms with Gasteiger partial charge in [-0.15, -0.1) is 0 Å². The first-order valence-electron chi connectivity index (χ1n) is 14.9. The molecule has 7 nitrogen and oxygen atoms in total. The molecule has 39 heavy (non-hydrogen) atoms. The highest BCUT2D eigenvalue weighted by molar-refractivity contribution is 6.74. The second-order valence-electron chi connectivity index (χ2n) is 14.5. The highest BCUT2D eigenvalue weighted by Crippen LogP contribution is 2.40. The van der Waals surface area contributed by atoms with Crippen LogP contribution in [0.1, 0.15) is 99.6 Å². The van der Waals surface area contributed by atoms with E-state index in [9.17, 15) is 4.79 Å². The minimum absolute atomic E-state index is 0.0760. The molecule has 0 saturated heterocycles. The molecule has 8 heteroatoms. The number of hydrogen-bond acceptors (Lipinski definition) is 6. The third kappa shape index (κ3) is 8.06. The summed E-state index contributed by atoms with van der Waals surface area (Å²) in [5.41, 5.74) is 0.882. The number of hydrogen-bond donors (Lipinski definition) is 0. The van der Waals surface area contributed by atoms with Crippen LogP contribution in [-0.2, 0) is 9.16 Å². The Morgan fingerprint density at radius 1 is 1.13 bits per heavy atom. The van der Waals surface area contributed by atoms with Crippen LogP contribution < -0.4 is 4.90 Å². The Balaban J connectivity index is 2.07. The lowest BCUT2D eigenvalue weighted by Crippen LogP contribution is -2.51. The largest absolute Gasteiger partial charge is 0.443 e. The van der Waals surface area contributed by atoms with Crippen LogP contribution in [0, 0.1) is 11.8 Å². The van der Waals surface area contributed by atoms with E-state index in [1.54, 1.807) is 6.20 Å². The number of allylic oxidation sites excluding steroid dienone is 1. The van der Waals surface area contributed by atoms with E-state index in [0.717, 1.165) is 30.8 Å². The van der Waals surface area contributed by atoms with Crippen LogP contribution in [0.25, 0.3) is 5.70 Å². The Morgan fingerprint density at radius 3 is 2.33 bits per heavy atom. The maximum absolute atomic E-state index is 14.1. The summed E-state index contributed by atoms with van der Waals surface area (Å²) in [6.07, 6.45) is 11.9. The Morgan fingerprint density at radius 2 is 1.79 bits per heavy atom. The molecule has 1 fully saturated rings. The number of carbonyl (C=O) groups excluding carboxylic acids is 1. The van der Waals surface area contributed by atoms with Crippen LogP contribution in [0.2, 0.25) is 18.1 Å². The Labute approximate surface area is 238 Å². The third-order valence-electron chi connectivity index (χ3n) is 8.66. The number of carbonyl (C=O) groups is 1. The first-order valence-corrected chi connectivity index (χ1v) is 17.8. The highest BCUT2D eigenvalue weighted by Gasteiger charge is 2.42. The molecule has 2 heterocycles. The van der Waals surface area contributed by atoms with Crippen molar-refractivity contribution in [3.63, 3.8) is 0 Å². The molecule has 1 aliphatic carbocycles. The predicted molar refractivity (Wildman–Crippen MR) is 163 cm³/mol. The molecular weight excluding hydrogens is 504 g/mol. The number of aromatic nitrogens is 2. The van der Waals surface area contributed by atoms with E-state index < -0.39 is 13.9 Å². The minimum Gasteiger partial charge on any atom is -0.443 e. The van der Waals surface area contributed by atoms with Gasteiger partial charge in [-0.3, -0.25) is 9.88 Å². The molecule has 220 valence electrons. The average molecular weight is 559 g/mol. The zero-order chi connectivity index (χ0) is 29.2. The summed E-state index contributed by atoms with van der Waals surface area (Å²) in [4.78, 5) is 27.8. The molecule has 2 atom stereocenters. The SMILES string of the molecule is CC(C)CC1CCC=C(c2cncc(N(C)C3CCC3)n2)N(C(=O)OC(C)(C)C)C1CO[Si](C)(C)C(C)(C)C. The van der Waals surface area contributed by atoms with Crippen LogP contribution in [0.15, 0.2) is 18.5 Å². The number of amides is 1. The molecule has 0 aromatic carbocycles. The fourth-order valence-electron chi connectivity index (χ4n) is 5.10. The monoisotopic (exact) mass is 558 g/mol. The van der Waals surface area contributed by atoms with Crippen molar-refractivity contribution < 1.29 is 14.0 Å². The van der Waals surface area contributed by atoms with Crippen molar-refractivity contribution >= 4 is 25.9 Å². The third-order valence-corrected chi connectivity index (χ3v) is 13.2. The summed E-state index contributed by atoms with van der Waals surface area (Å²) in [6, 6.07) is 0.348. The minimum atomic E-state index is -2.05. The number of anilines is 1. The van der Waals surface area contributed by atoms with Crippen LogP contribution in [-0.4, -0.2) is 60.6 Å². The molecule has 0 radical (unpaired) electrons. The molecule has 0 bridgehead atoms. The Hall–Kier alpha value is -1.93. The van der Waals surface area contributed by atoms with Gasteiger partial charge < -0.3 is 14.1 Å². The topological polar surface area (TPSA) is 67.8 Å². The molecule has 0 N–H and O–H groups in total. The van der Waals surface area contributed by atoms with Crippen molar-refractivity contribution in [3.05, 3.63) is 24.2 Å². The van der Waals surface area contributed by atoms with Gasteiger partial charge in [-0.1, -0.05) is 40.7 Å². The first kappa shape index (κ1) is 31.6. The van der Waals surface area contributed by atoms with Gasteiger partial charge in [0, 0.05) is 13.1 Å². The Kier molecular flexibility index (Phi) is 9.96. The van der Waals surface area contributed by atoms with E-state index in [4.69, 9.17) is 14.1 Å².